The number of rotatable bonds is 3. The van der Waals surface area contributed by atoms with Gasteiger partial charge >= 0.3 is 5.97 Å². The number of carboxylic acids is 1. The molecule has 0 spiro atoms. The zero-order valence-corrected chi connectivity index (χ0v) is 10.7. The predicted octanol–water partition coefficient (Wildman–Crippen LogP) is 1.77. The predicted molar refractivity (Wildman–Crippen MR) is 70.4 cm³/mol. The second kappa shape index (κ2) is 5.57. The Bertz CT molecular complexity index is 594. The van der Waals surface area contributed by atoms with Gasteiger partial charge in [-0.1, -0.05) is 0 Å². The Balaban J connectivity index is 2.27. The summed E-state index contributed by atoms with van der Waals surface area (Å²) in [6.45, 7) is 1.05. The summed E-state index contributed by atoms with van der Waals surface area (Å²) in [5.74, 6) is -1.28. The third-order valence-corrected chi connectivity index (χ3v) is 3.43. The molecule has 0 aromatic heterocycles. The van der Waals surface area contributed by atoms with E-state index in [1.807, 2.05) is 4.90 Å². The third kappa shape index (κ3) is 2.69. The summed E-state index contributed by atoms with van der Waals surface area (Å²) in [6, 6.07) is 6.10. The lowest BCUT2D eigenvalue weighted by Crippen LogP contribution is -2.38. The average molecular weight is 275 g/mol. The third-order valence-electron chi connectivity index (χ3n) is 3.43. The Morgan fingerprint density at radius 3 is 2.90 bits per heavy atom. The van der Waals surface area contributed by atoms with Crippen LogP contribution in [0.2, 0.25) is 0 Å². The van der Waals surface area contributed by atoms with Crippen molar-refractivity contribution < 1.29 is 14.8 Å². The van der Waals surface area contributed by atoms with Crippen molar-refractivity contribution in [2.45, 2.75) is 12.8 Å². The van der Waals surface area contributed by atoms with Gasteiger partial charge in [0.15, 0.2) is 0 Å². The van der Waals surface area contributed by atoms with Crippen LogP contribution < -0.4 is 4.90 Å². The summed E-state index contributed by atoms with van der Waals surface area (Å²) < 4.78 is 0. The van der Waals surface area contributed by atoms with E-state index in [4.69, 9.17) is 10.4 Å². The fourth-order valence-electron chi connectivity index (χ4n) is 2.38. The van der Waals surface area contributed by atoms with Crippen molar-refractivity contribution in [2.75, 3.05) is 18.0 Å². The van der Waals surface area contributed by atoms with Gasteiger partial charge in [0, 0.05) is 24.8 Å². The normalized spacial score (nSPS) is 18.4. The van der Waals surface area contributed by atoms with Gasteiger partial charge in [0.25, 0.3) is 5.69 Å². The number of hydrogen-bond acceptors (Lipinski definition) is 5. The highest BCUT2D eigenvalue weighted by molar-refractivity contribution is 5.71. The van der Waals surface area contributed by atoms with E-state index in [9.17, 15) is 14.9 Å². The number of nitro groups is 1. The van der Waals surface area contributed by atoms with Gasteiger partial charge in [-0.2, -0.15) is 5.26 Å². The fraction of sp³-hybridized carbons (Fsp3) is 0.385. The first-order chi connectivity index (χ1) is 9.52. The molecule has 7 nitrogen and oxygen atoms in total. The minimum Gasteiger partial charge on any atom is -0.481 e. The van der Waals surface area contributed by atoms with Gasteiger partial charge in [-0.15, -0.1) is 0 Å². The molecule has 2 rings (SSSR count). The molecule has 0 amide bonds. The van der Waals surface area contributed by atoms with Crippen molar-refractivity contribution in [3.05, 3.63) is 33.9 Å². The maximum Gasteiger partial charge on any atom is 0.308 e. The van der Waals surface area contributed by atoms with Crippen molar-refractivity contribution in [1.82, 2.24) is 0 Å². The number of nitriles is 1. The van der Waals surface area contributed by atoms with Crippen LogP contribution in [0.5, 0.6) is 0 Å². The number of aliphatic carboxylic acids is 1. The summed E-state index contributed by atoms with van der Waals surface area (Å²) in [6.07, 6.45) is 1.37. The summed E-state index contributed by atoms with van der Waals surface area (Å²) in [4.78, 5) is 23.1. The number of nitrogens with zero attached hydrogens (tertiary/aromatic N) is 3. The molecule has 1 aliphatic rings. The van der Waals surface area contributed by atoms with Gasteiger partial charge in [-0.25, -0.2) is 0 Å². The van der Waals surface area contributed by atoms with Gasteiger partial charge in [-0.05, 0) is 25.0 Å². The number of nitro benzene ring substituents is 1. The van der Waals surface area contributed by atoms with E-state index < -0.39 is 16.8 Å². The maximum absolute atomic E-state index is 11.0. The largest absolute Gasteiger partial charge is 0.481 e. The van der Waals surface area contributed by atoms with E-state index in [1.54, 1.807) is 12.1 Å². The molecule has 1 aliphatic heterocycles. The molecule has 0 aliphatic carbocycles. The molecular weight excluding hydrogens is 262 g/mol. The van der Waals surface area contributed by atoms with Crippen LogP contribution in [0.3, 0.4) is 0 Å². The topological polar surface area (TPSA) is 107 Å². The highest BCUT2D eigenvalue weighted by atomic mass is 16.6. The Morgan fingerprint density at radius 1 is 1.55 bits per heavy atom. The maximum atomic E-state index is 11.0. The molecule has 1 fully saturated rings. The van der Waals surface area contributed by atoms with E-state index in [2.05, 4.69) is 0 Å². The van der Waals surface area contributed by atoms with Gasteiger partial charge < -0.3 is 10.0 Å². The van der Waals surface area contributed by atoms with Crippen molar-refractivity contribution in [1.29, 1.82) is 5.26 Å². The Labute approximate surface area is 115 Å². The van der Waals surface area contributed by atoms with Crippen LogP contribution in [0.4, 0.5) is 11.4 Å². The monoisotopic (exact) mass is 275 g/mol. The Hall–Kier alpha value is -2.62. The highest BCUT2D eigenvalue weighted by Gasteiger charge is 2.26. The zero-order valence-electron chi connectivity index (χ0n) is 10.7. The molecule has 1 unspecified atom stereocenters. The van der Waals surface area contributed by atoms with Crippen LogP contribution in [0, 0.1) is 27.4 Å². The molecule has 1 heterocycles. The number of anilines is 1. The number of carbonyl (C=O) groups is 1. The summed E-state index contributed by atoms with van der Waals surface area (Å²) in [5, 5.41) is 28.8. The molecule has 20 heavy (non-hydrogen) atoms. The first-order valence-corrected chi connectivity index (χ1v) is 6.19. The SMILES string of the molecule is N#Cc1cc(N2CCCC(C(=O)O)C2)ccc1[N+](=O)[O-]. The second-order valence-electron chi connectivity index (χ2n) is 4.69. The van der Waals surface area contributed by atoms with Crippen molar-refractivity contribution in [3.8, 4) is 6.07 Å². The molecule has 0 bridgehead atoms. The first-order valence-electron chi connectivity index (χ1n) is 6.19. The lowest BCUT2D eigenvalue weighted by molar-refractivity contribution is -0.385. The van der Waals surface area contributed by atoms with Gasteiger partial charge in [0.1, 0.15) is 11.6 Å². The Kier molecular flexibility index (Phi) is 3.84. The van der Waals surface area contributed by atoms with Crippen LogP contribution in [0.25, 0.3) is 0 Å². The lowest BCUT2D eigenvalue weighted by atomic mass is 9.97. The molecule has 7 heteroatoms. The minimum absolute atomic E-state index is 0.00931. The fourth-order valence-corrected chi connectivity index (χ4v) is 2.38. The quantitative estimate of drug-likeness (QED) is 0.665. The van der Waals surface area contributed by atoms with Crippen LogP contribution >= 0.6 is 0 Å². The van der Waals surface area contributed by atoms with Gasteiger partial charge in [0.05, 0.1) is 10.8 Å². The summed E-state index contributed by atoms with van der Waals surface area (Å²) in [7, 11) is 0. The minimum atomic E-state index is -0.836. The number of hydrogen-bond donors (Lipinski definition) is 1. The van der Waals surface area contributed by atoms with Gasteiger partial charge in [0.2, 0.25) is 0 Å². The molecule has 1 atom stereocenters. The Morgan fingerprint density at radius 2 is 2.30 bits per heavy atom. The van der Waals surface area contributed by atoms with Crippen LogP contribution in [-0.4, -0.2) is 29.1 Å². The van der Waals surface area contributed by atoms with E-state index in [0.29, 0.717) is 25.2 Å². The number of piperidine rings is 1. The lowest BCUT2D eigenvalue weighted by Gasteiger charge is -2.32. The smallest absolute Gasteiger partial charge is 0.308 e. The number of carboxylic acid groups (broad SMARTS) is 1. The molecule has 0 saturated carbocycles. The van der Waals surface area contributed by atoms with Crippen LogP contribution in [0.1, 0.15) is 18.4 Å². The van der Waals surface area contributed by atoms with E-state index in [-0.39, 0.29) is 11.3 Å². The van der Waals surface area contributed by atoms with Crippen LogP contribution in [0.15, 0.2) is 18.2 Å². The second-order valence-corrected chi connectivity index (χ2v) is 4.69. The van der Waals surface area contributed by atoms with E-state index >= 15 is 0 Å². The van der Waals surface area contributed by atoms with E-state index in [0.717, 1.165) is 6.42 Å². The standard InChI is InChI=1S/C13H13N3O4/c14-7-10-6-11(3-4-12(10)16(19)20)15-5-1-2-9(8-15)13(17)18/h3-4,6,9H,1-2,5,8H2,(H,17,18). The van der Waals surface area contributed by atoms with Crippen molar-refractivity contribution >= 4 is 17.3 Å². The average Bonchev–Trinajstić information content (AvgIpc) is 2.46. The summed E-state index contributed by atoms with van der Waals surface area (Å²) >= 11 is 0. The zero-order chi connectivity index (χ0) is 14.7. The highest BCUT2D eigenvalue weighted by Crippen LogP contribution is 2.28. The molecule has 1 saturated heterocycles. The number of benzene rings is 1. The van der Waals surface area contributed by atoms with Crippen molar-refractivity contribution in [2.24, 2.45) is 5.92 Å². The van der Waals surface area contributed by atoms with Gasteiger partial charge in [-0.3, -0.25) is 14.9 Å². The summed E-state index contributed by atoms with van der Waals surface area (Å²) in [5.41, 5.74) is 0.408. The first kappa shape index (κ1) is 13.8. The molecule has 1 aromatic rings. The molecular formula is C13H13N3O4. The van der Waals surface area contributed by atoms with Crippen molar-refractivity contribution in [3.63, 3.8) is 0 Å². The molecule has 104 valence electrons. The van der Waals surface area contributed by atoms with E-state index in [1.165, 1.54) is 12.1 Å². The molecule has 0 radical (unpaired) electrons. The molecule has 1 aromatic carbocycles. The molecule has 1 N–H and O–H groups in total. The van der Waals surface area contributed by atoms with Crippen LogP contribution in [-0.2, 0) is 4.79 Å².